The Balaban J connectivity index is 0.000000142. The summed E-state index contributed by atoms with van der Waals surface area (Å²) in [7, 11) is 3.53. The molecule has 8 aromatic rings. The van der Waals surface area contributed by atoms with Crippen molar-refractivity contribution in [3.05, 3.63) is 123 Å². The maximum atomic E-state index is 13.6. The largest absolute Gasteiger partial charge is 0.485 e. The molecule has 0 atom stereocenters. The zero-order chi connectivity index (χ0) is 64.7. The number of nitrogens with zero attached hydrogens (tertiary/aromatic N) is 9. The summed E-state index contributed by atoms with van der Waals surface area (Å²) >= 11 is 12.7. The Kier molecular flexibility index (Phi) is 23.0. The number of ether oxygens (including phenoxy) is 1. The lowest BCUT2D eigenvalue weighted by molar-refractivity contribution is -0.126. The molecule has 0 spiro atoms. The van der Waals surface area contributed by atoms with E-state index < -0.39 is 0 Å². The van der Waals surface area contributed by atoms with Gasteiger partial charge in [-0.3, -0.25) is 19.2 Å². The number of ketones is 3. The summed E-state index contributed by atoms with van der Waals surface area (Å²) in [6.45, 7) is 17.9. The number of Topliss-reactive ketones (excluding diaryl/α,β-unsaturated/α-hetero) is 3. The Morgan fingerprint density at radius 1 is 0.500 bits per heavy atom. The van der Waals surface area contributed by atoms with E-state index in [9.17, 15) is 23.6 Å². The molecule has 23 heteroatoms. The van der Waals surface area contributed by atoms with Crippen molar-refractivity contribution < 1.29 is 28.3 Å². The topological polar surface area (TPSA) is 184 Å². The molecule has 0 saturated heterocycles. The van der Waals surface area contributed by atoms with Crippen molar-refractivity contribution in [2.75, 3.05) is 49.6 Å². The SMILES string of the molecule is CC(C)(C)C(=O)CSc1ncc2c(n1)-c1cc(F)ccc1CC2.CC(C)(C)C(=O)CSc1ncc2c(n1)-c1ccccc1CO2.CSc1scc2c1-c1nc(SCC(=O)C(C)(C)C)ncc1CC2.CSc1scc2c1-c1nc(SCC(=O)N(C)C)ncc1CC2. The fraction of sp³-hybridized carbons (Fsp3) is 0.403. The first-order valence-corrected chi connectivity index (χ1v) is 37.5. The fourth-order valence-corrected chi connectivity index (χ4v) is 16.7. The molecule has 6 aromatic heterocycles. The summed E-state index contributed by atoms with van der Waals surface area (Å²) < 4.78 is 21.9. The number of thiophene rings is 2. The highest BCUT2D eigenvalue weighted by atomic mass is 32.2. The van der Waals surface area contributed by atoms with E-state index >= 15 is 0 Å². The molecule has 2 aromatic carbocycles. The number of hydrogen-bond acceptors (Lipinski definition) is 21. The molecule has 12 rings (SSSR count). The number of amides is 1. The Bertz CT molecular complexity index is 3940. The van der Waals surface area contributed by atoms with Crippen molar-refractivity contribution in [3.63, 3.8) is 0 Å². The molecule has 0 N–H and O–H groups in total. The first-order chi connectivity index (χ1) is 42.8. The number of fused-ring (bicyclic) bond motifs is 12. The third kappa shape index (κ3) is 17.2. The molecule has 1 aliphatic heterocycles. The van der Waals surface area contributed by atoms with E-state index in [1.165, 1.54) is 101 Å². The lowest BCUT2D eigenvalue weighted by atomic mass is 9.90. The number of thioether (sulfide) groups is 6. The van der Waals surface area contributed by atoms with Gasteiger partial charge in [-0.15, -0.1) is 46.2 Å². The van der Waals surface area contributed by atoms with E-state index in [4.69, 9.17) is 14.7 Å². The second-order valence-electron chi connectivity index (χ2n) is 24.9. The van der Waals surface area contributed by atoms with Crippen molar-refractivity contribution in [2.45, 2.75) is 136 Å². The van der Waals surface area contributed by atoms with Gasteiger partial charge >= 0.3 is 0 Å². The number of hydrogen-bond donors (Lipinski definition) is 0. The molecule has 0 bridgehead atoms. The molecular formula is C67H74FN9O5S8. The van der Waals surface area contributed by atoms with Crippen molar-refractivity contribution in [1.29, 1.82) is 0 Å². The summed E-state index contributed by atoms with van der Waals surface area (Å²) in [6, 6.07) is 12.9. The molecule has 90 heavy (non-hydrogen) atoms. The molecular weight excluding hydrogens is 1290 g/mol. The minimum absolute atomic E-state index is 0.0762. The van der Waals surface area contributed by atoms with Crippen LogP contribution in [-0.2, 0) is 64.3 Å². The van der Waals surface area contributed by atoms with Crippen LogP contribution in [0, 0.1) is 22.1 Å². The lowest BCUT2D eigenvalue weighted by Gasteiger charge is -2.20. The number of carbonyl (C=O) groups excluding carboxylic acids is 4. The van der Waals surface area contributed by atoms with Crippen LogP contribution < -0.4 is 4.74 Å². The van der Waals surface area contributed by atoms with Gasteiger partial charge in [-0.1, -0.05) is 140 Å². The Morgan fingerprint density at radius 3 is 1.38 bits per heavy atom. The third-order valence-corrected chi connectivity index (χ3v) is 22.9. The number of aromatic nitrogens is 8. The standard InChI is InChI=1S/C18H19FN2OS.C17H18N2O2S.C17H20N2OS3.C15H17N3OS3/c1-18(2,3)15(22)10-23-17-20-9-12-5-4-11-6-7-13(19)8-14(11)16(12)21-17;1-17(2,3)14(20)10-22-16-18-8-13-15(19-16)12-7-5-4-6-11(12)9-21-13;1-17(2,3)12(20)9-23-16-18-7-10-5-6-11-8-22-15(21-4)13(11)14(10)19-16;1-18(2)11(19)8-22-15-16-6-9-4-5-10-7-21-14(20-3)12(10)13(9)17-15/h6-9H,4-5,10H2,1-3H3;4-8H,9-10H2,1-3H3;7-8H,5-6,9H2,1-4H3;6-7H,4-5,8H2,1-3H3. The molecule has 472 valence electrons. The van der Waals surface area contributed by atoms with Gasteiger partial charge in [0.15, 0.2) is 26.4 Å². The van der Waals surface area contributed by atoms with Crippen molar-refractivity contribution >= 4 is 117 Å². The Labute approximate surface area is 561 Å². The maximum Gasteiger partial charge on any atom is 0.232 e. The highest BCUT2D eigenvalue weighted by Gasteiger charge is 2.29. The molecule has 0 saturated carbocycles. The smallest absolute Gasteiger partial charge is 0.232 e. The zero-order valence-electron chi connectivity index (χ0n) is 53.0. The molecule has 3 aliphatic carbocycles. The van der Waals surface area contributed by atoms with E-state index in [-0.39, 0.29) is 45.3 Å². The number of benzene rings is 2. The summed E-state index contributed by atoms with van der Waals surface area (Å²) in [6.07, 6.45) is 17.4. The number of halogens is 1. The van der Waals surface area contributed by atoms with Crippen molar-refractivity contribution in [2.24, 2.45) is 16.2 Å². The summed E-state index contributed by atoms with van der Waals surface area (Å²) in [5.41, 5.74) is 15.7. The van der Waals surface area contributed by atoms with Gasteiger partial charge in [-0.25, -0.2) is 44.3 Å². The molecule has 0 unspecified atom stereocenters. The van der Waals surface area contributed by atoms with Gasteiger partial charge in [0.25, 0.3) is 0 Å². The molecule has 4 aliphatic rings. The third-order valence-electron chi connectivity index (χ3n) is 15.1. The Hall–Kier alpha value is -5.53. The van der Waals surface area contributed by atoms with Crippen LogP contribution in [-0.4, -0.2) is 118 Å². The van der Waals surface area contributed by atoms with Crippen molar-refractivity contribution in [1.82, 2.24) is 44.8 Å². The van der Waals surface area contributed by atoms with Crippen LogP contribution in [0.4, 0.5) is 4.39 Å². The van der Waals surface area contributed by atoms with Gasteiger partial charge in [-0.2, -0.15) is 0 Å². The predicted molar refractivity (Wildman–Crippen MR) is 371 cm³/mol. The van der Waals surface area contributed by atoms with Crippen molar-refractivity contribution in [3.8, 4) is 50.8 Å². The predicted octanol–water partition coefficient (Wildman–Crippen LogP) is 15.8. The van der Waals surface area contributed by atoms with Gasteiger partial charge in [0.05, 0.1) is 54.7 Å². The van der Waals surface area contributed by atoms with Crippen LogP contribution in [0.5, 0.6) is 5.75 Å². The fourth-order valence-electron chi connectivity index (χ4n) is 9.35. The summed E-state index contributed by atoms with van der Waals surface area (Å²) in [5, 5.41) is 7.05. The minimum atomic E-state index is -0.364. The molecule has 1 amide bonds. The van der Waals surface area contributed by atoms with Crippen LogP contribution in [0.3, 0.4) is 0 Å². The maximum absolute atomic E-state index is 13.6. The number of aryl methyl sites for hydroxylation is 6. The highest BCUT2D eigenvalue weighted by Crippen LogP contribution is 2.45. The van der Waals surface area contributed by atoms with E-state index in [0.717, 1.165) is 89.1 Å². The van der Waals surface area contributed by atoms with Gasteiger partial charge in [-0.05, 0) is 113 Å². The minimum Gasteiger partial charge on any atom is -0.485 e. The molecule has 0 radical (unpaired) electrons. The average Bonchev–Trinajstić information content (AvgIpc) is 1.45. The van der Waals surface area contributed by atoms with E-state index in [1.807, 2.05) is 105 Å². The van der Waals surface area contributed by atoms with E-state index in [0.29, 0.717) is 56.0 Å². The second-order valence-corrected chi connectivity index (χ2v) is 32.6. The Morgan fingerprint density at radius 2 is 0.911 bits per heavy atom. The normalized spacial score (nSPS) is 13.2. The first kappa shape index (κ1) is 68.8. The van der Waals surface area contributed by atoms with Gasteiger partial charge in [0.2, 0.25) is 5.91 Å². The van der Waals surface area contributed by atoms with E-state index in [2.05, 4.69) is 53.2 Å². The van der Waals surface area contributed by atoms with Gasteiger partial charge in [0.1, 0.15) is 35.5 Å². The first-order valence-electron chi connectivity index (χ1n) is 29.3. The lowest BCUT2D eigenvalue weighted by Crippen LogP contribution is -2.23. The highest BCUT2D eigenvalue weighted by molar-refractivity contribution is 8.01. The quantitative estimate of drug-likeness (QED) is 0.0739. The van der Waals surface area contributed by atoms with Crippen LogP contribution in [0.2, 0.25) is 0 Å². The van der Waals surface area contributed by atoms with Crippen LogP contribution >= 0.6 is 93.2 Å². The van der Waals surface area contributed by atoms with E-state index in [1.54, 1.807) is 77.6 Å². The van der Waals surface area contributed by atoms with Gasteiger partial charge in [0, 0.05) is 71.2 Å². The van der Waals surface area contributed by atoms with Crippen LogP contribution in [0.25, 0.3) is 45.0 Å². The summed E-state index contributed by atoms with van der Waals surface area (Å²) in [5.74, 6) is 2.62. The zero-order valence-corrected chi connectivity index (χ0v) is 59.5. The van der Waals surface area contributed by atoms with Gasteiger partial charge < -0.3 is 9.64 Å². The second kappa shape index (κ2) is 30.0. The molecule has 7 heterocycles. The number of carbonyl (C=O) groups is 4. The van der Waals surface area contributed by atoms with Crippen LogP contribution in [0.15, 0.2) is 107 Å². The molecule has 14 nitrogen and oxygen atoms in total. The molecule has 0 fully saturated rings. The monoisotopic (exact) mass is 1360 g/mol. The number of rotatable bonds is 14. The summed E-state index contributed by atoms with van der Waals surface area (Å²) in [4.78, 5) is 85.7. The average molecular weight is 1360 g/mol. The van der Waals surface area contributed by atoms with Crippen LogP contribution in [0.1, 0.15) is 101 Å².